The van der Waals surface area contributed by atoms with Crippen LogP contribution in [0.25, 0.3) is 33.0 Å². The number of aromatic nitrogens is 3. The van der Waals surface area contributed by atoms with Gasteiger partial charge in [0.25, 0.3) is 5.56 Å². The highest BCUT2D eigenvalue weighted by atomic mass is 32.1. The summed E-state index contributed by atoms with van der Waals surface area (Å²) < 4.78 is 3.92. The molecule has 3 aromatic heterocycles. The zero-order valence-electron chi connectivity index (χ0n) is 15.8. The molecule has 0 saturated carbocycles. The van der Waals surface area contributed by atoms with Crippen LogP contribution in [0.4, 0.5) is 0 Å². The molecule has 0 spiro atoms. The number of para-hydroxylation sites is 1. The molecule has 0 aliphatic heterocycles. The number of aliphatic carboxylic acids is 1. The van der Waals surface area contributed by atoms with Gasteiger partial charge in [0.15, 0.2) is 4.96 Å². The molecule has 0 fully saturated rings. The van der Waals surface area contributed by atoms with Crippen LogP contribution in [-0.4, -0.2) is 25.0 Å². The van der Waals surface area contributed by atoms with Crippen LogP contribution in [0.3, 0.4) is 0 Å². The Morgan fingerprint density at radius 2 is 1.97 bits per heavy atom. The van der Waals surface area contributed by atoms with Crippen molar-refractivity contribution >= 4 is 50.3 Å². The van der Waals surface area contributed by atoms with Crippen LogP contribution in [0.5, 0.6) is 0 Å². The Morgan fingerprint density at radius 1 is 1.17 bits per heavy atom. The maximum Gasteiger partial charge on any atom is 0.323 e. The van der Waals surface area contributed by atoms with E-state index in [1.165, 1.54) is 11.3 Å². The van der Waals surface area contributed by atoms with E-state index in [1.54, 1.807) is 15.2 Å². The number of benzene rings is 2. The second kappa shape index (κ2) is 6.28. The van der Waals surface area contributed by atoms with E-state index in [9.17, 15) is 14.7 Å². The molecular formula is C22H17N3O3S. The van der Waals surface area contributed by atoms with Gasteiger partial charge in [0.2, 0.25) is 0 Å². The molecule has 0 saturated heterocycles. The third kappa shape index (κ3) is 2.66. The van der Waals surface area contributed by atoms with Crippen LogP contribution in [0.15, 0.2) is 47.4 Å². The Bertz CT molecular complexity index is 1560. The molecule has 0 unspecified atom stereocenters. The average molecular weight is 403 g/mol. The molecule has 1 N–H and O–H groups in total. The summed E-state index contributed by atoms with van der Waals surface area (Å²) in [6, 6.07) is 11.5. The summed E-state index contributed by atoms with van der Waals surface area (Å²) >= 11 is 1.35. The van der Waals surface area contributed by atoms with Crippen molar-refractivity contribution in [2.45, 2.75) is 20.4 Å². The molecule has 0 atom stereocenters. The van der Waals surface area contributed by atoms with Crippen LogP contribution < -0.4 is 10.1 Å². The van der Waals surface area contributed by atoms with E-state index in [0.717, 1.165) is 38.6 Å². The molecule has 5 aromatic rings. The summed E-state index contributed by atoms with van der Waals surface area (Å²) in [5.41, 5.74) is 5.45. The monoisotopic (exact) mass is 403 g/mol. The number of carbonyl (C=O) groups is 1. The number of imidazole rings is 1. The van der Waals surface area contributed by atoms with Crippen molar-refractivity contribution in [3.05, 3.63) is 74.2 Å². The number of hydrogen-bond acceptors (Lipinski definition) is 4. The van der Waals surface area contributed by atoms with Crippen molar-refractivity contribution in [1.29, 1.82) is 0 Å². The van der Waals surface area contributed by atoms with Crippen LogP contribution in [0.2, 0.25) is 0 Å². The second-order valence-corrected chi connectivity index (χ2v) is 8.15. The lowest BCUT2D eigenvalue weighted by atomic mass is 10.1. The predicted octanol–water partition coefficient (Wildman–Crippen LogP) is 3.11. The molecule has 6 nitrogen and oxygen atoms in total. The van der Waals surface area contributed by atoms with Gasteiger partial charge in [-0.25, -0.2) is 9.38 Å². The third-order valence-electron chi connectivity index (χ3n) is 5.35. The number of hydrogen-bond donors (Lipinski definition) is 1. The fourth-order valence-electron chi connectivity index (χ4n) is 3.77. The minimum atomic E-state index is -0.909. The zero-order valence-corrected chi connectivity index (χ0v) is 16.7. The molecule has 0 bridgehead atoms. The lowest BCUT2D eigenvalue weighted by Crippen LogP contribution is -2.22. The first-order valence-electron chi connectivity index (χ1n) is 9.16. The summed E-state index contributed by atoms with van der Waals surface area (Å²) in [5.74, 6) is -0.909. The first-order chi connectivity index (χ1) is 13.9. The van der Waals surface area contributed by atoms with E-state index in [4.69, 9.17) is 0 Å². The van der Waals surface area contributed by atoms with E-state index < -0.39 is 5.97 Å². The normalized spacial score (nSPS) is 12.6. The summed E-state index contributed by atoms with van der Waals surface area (Å²) in [4.78, 5) is 29.7. The summed E-state index contributed by atoms with van der Waals surface area (Å²) in [6.45, 7) is 3.92. The van der Waals surface area contributed by atoms with Gasteiger partial charge in [0, 0.05) is 22.7 Å². The highest BCUT2D eigenvalue weighted by Gasteiger charge is 2.15. The minimum absolute atomic E-state index is 0.106. The summed E-state index contributed by atoms with van der Waals surface area (Å²) in [6.07, 6.45) is 3.61. The molecule has 7 heteroatoms. The van der Waals surface area contributed by atoms with Crippen molar-refractivity contribution in [2.24, 2.45) is 0 Å². The number of nitrogens with zero attached hydrogens (tertiary/aromatic N) is 3. The number of carboxylic acids is 1. The lowest BCUT2D eigenvalue weighted by molar-refractivity contribution is -0.137. The van der Waals surface area contributed by atoms with Crippen LogP contribution >= 0.6 is 11.3 Å². The largest absolute Gasteiger partial charge is 0.480 e. The first-order valence-corrected chi connectivity index (χ1v) is 9.98. The number of fused-ring (bicyclic) bond motifs is 4. The molecule has 5 rings (SSSR count). The van der Waals surface area contributed by atoms with E-state index in [1.807, 2.05) is 56.3 Å². The van der Waals surface area contributed by atoms with Crippen molar-refractivity contribution in [1.82, 2.24) is 14.0 Å². The molecule has 0 aliphatic carbocycles. The average Bonchev–Trinajstić information content (AvgIpc) is 3.31. The van der Waals surface area contributed by atoms with Crippen LogP contribution in [0, 0.1) is 13.8 Å². The maximum atomic E-state index is 13.1. The fourth-order valence-corrected chi connectivity index (χ4v) is 4.74. The molecule has 3 heterocycles. The van der Waals surface area contributed by atoms with Crippen molar-refractivity contribution in [3.63, 3.8) is 0 Å². The van der Waals surface area contributed by atoms with Crippen molar-refractivity contribution in [3.8, 4) is 0 Å². The van der Waals surface area contributed by atoms with Gasteiger partial charge in [-0.1, -0.05) is 35.6 Å². The summed E-state index contributed by atoms with van der Waals surface area (Å²) in [5, 5.41) is 10.1. The maximum absolute atomic E-state index is 13.1. The van der Waals surface area contributed by atoms with Crippen molar-refractivity contribution < 1.29 is 9.90 Å². The van der Waals surface area contributed by atoms with Gasteiger partial charge in [-0.2, -0.15) is 0 Å². The molecular weight excluding hydrogens is 386 g/mol. The Labute approximate surface area is 169 Å². The van der Waals surface area contributed by atoms with Gasteiger partial charge < -0.3 is 9.67 Å². The van der Waals surface area contributed by atoms with Gasteiger partial charge in [-0.15, -0.1) is 0 Å². The van der Waals surface area contributed by atoms with Gasteiger partial charge in [-0.05, 0) is 43.2 Å². The van der Waals surface area contributed by atoms with Gasteiger partial charge in [-0.3, -0.25) is 9.59 Å². The number of thiazole rings is 1. The molecule has 2 aromatic carbocycles. The smallest absolute Gasteiger partial charge is 0.323 e. The Kier molecular flexibility index (Phi) is 3.82. The van der Waals surface area contributed by atoms with Gasteiger partial charge in [0.05, 0.1) is 15.6 Å². The highest BCUT2D eigenvalue weighted by molar-refractivity contribution is 7.15. The number of rotatable bonds is 3. The van der Waals surface area contributed by atoms with E-state index in [-0.39, 0.29) is 12.1 Å². The Balaban J connectivity index is 1.76. The van der Waals surface area contributed by atoms with Crippen LogP contribution in [0.1, 0.15) is 16.7 Å². The standard InChI is InChI=1S/C22H17N3O3S/c1-12-7-8-17-20(13(12)2)23-22-25(17)21(28)18(29-22)9-14-10-24(11-19(26)27)16-6-4-3-5-15(14)16/h3-10H,11H2,1-2H3,(H,26,27)/b18-9-. The predicted molar refractivity (Wildman–Crippen MR) is 115 cm³/mol. The third-order valence-corrected chi connectivity index (χ3v) is 6.32. The van der Waals surface area contributed by atoms with Crippen LogP contribution in [-0.2, 0) is 11.3 Å². The quantitative estimate of drug-likeness (QED) is 0.502. The highest BCUT2D eigenvalue weighted by Crippen LogP contribution is 2.24. The number of carboxylic acid groups (broad SMARTS) is 1. The minimum Gasteiger partial charge on any atom is -0.480 e. The molecule has 0 aliphatic rings. The topological polar surface area (TPSA) is 76.6 Å². The zero-order chi connectivity index (χ0) is 20.3. The first kappa shape index (κ1) is 17.6. The van der Waals surface area contributed by atoms with E-state index in [2.05, 4.69) is 4.98 Å². The van der Waals surface area contributed by atoms with Gasteiger partial charge >= 0.3 is 5.97 Å². The second-order valence-electron chi connectivity index (χ2n) is 7.14. The molecule has 0 amide bonds. The van der Waals surface area contributed by atoms with E-state index >= 15 is 0 Å². The Morgan fingerprint density at radius 3 is 2.76 bits per heavy atom. The lowest BCUT2D eigenvalue weighted by Gasteiger charge is -1.99. The summed E-state index contributed by atoms with van der Waals surface area (Å²) in [7, 11) is 0. The number of aryl methyl sites for hydroxylation is 2. The fraction of sp³-hybridized carbons (Fsp3) is 0.136. The molecule has 0 radical (unpaired) electrons. The SMILES string of the molecule is Cc1ccc2c(nc3s/c(=C\c4cn(CC(=O)O)c5ccccc45)c(=O)n32)c1C. The molecule has 144 valence electrons. The van der Waals surface area contributed by atoms with E-state index in [0.29, 0.717) is 9.49 Å². The molecule has 29 heavy (non-hydrogen) atoms. The Hall–Kier alpha value is -3.45. The van der Waals surface area contributed by atoms with Gasteiger partial charge in [0.1, 0.15) is 6.54 Å². The van der Waals surface area contributed by atoms with Crippen molar-refractivity contribution in [2.75, 3.05) is 0 Å².